The highest BCUT2D eigenvalue weighted by Crippen LogP contribution is 2.26. The quantitative estimate of drug-likeness (QED) is 0.559. The van der Waals surface area contributed by atoms with E-state index < -0.39 is 0 Å². The minimum absolute atomic E-state index is 0.206. The number of ether oxygens (including phenoxy) is 1. The van der Waals surface area contributed by atoms with Crippen LogP contribution in [-0.4, -0.2) is 23.3 Å². The molecule has 1 aromatic heterocycles. The Balaban J connectivity index is 1.93. The number of nitrogens with one attached hydrogen (secondary N) is 2. The lowest BCUT2D eigenvalue weighted by Crippen LogP contribution is -2.11. The SMILES string of the molecule is CCc1cc(=O)[nH]c(N/N=C\c2c(OC)ccc3ccccc23)n1. The predicted octanol–water partition coefficient (Wildman–Crippen LogP) is 2.94. The van der Waals surface area contributed by atoms with Gasteiger partial charge in [0.1, 0.15) is 5.75 Å². The summed E-state index contributed by atoms with van der Waals surface area (Å²) in [7, 11) is 1.62. The molecule has 0 bridgehead atoms. The normalized spacial score (nSPS) is 11.1. The summed E-state index contributed by atoms with van der Waals surface area (Å²) in [6.07, 6.45) is 2.35. The van der Waals surface area contributed by atoms with Gasteiger partial charge in [0.2, 0.25) is 5.95 Å². The molecule has 0 aliphatic heterocycles. The highest BCUT2D eigenvalue weighted by atomic mass is 16.5. The lowest BCUT2D eigenvalue weighted by atomic mass is 10.0. The Morgan fingerprint density at radius 2 is 2.12 bits per heavy atom. The summed E-state index contributed by atoms with van der Waals surface area (Å²) in [6, 6.07) is 13.4. The van der Waals surface area contributed by atoms with E-state index in [2.05, 4.69) is 20.5 Å². The Labute approximate surface area is 139 Å². The highest BCUT2D eigenvalue weighted by molar-refractivity contribution is 6.02. The minimum Gasteiger partial charge on any atom is -0.496 e. The molecule has 2 N–H and O–H groups in total. The van der Waals surface area contributed by atoms with Crippen molar-refractivity contribution in [2.75, 3.05) is 12.5 Å². The van der Waals surface area contributed by atoms with Crippen molar-refractivity contribution in [3.63, 3.8) is 0 Å². The number of methoxy groups -OCH3 is 1. The predicted molar refractivity (Wildman–Crippen MR) is 96.0 cm³/mol. The Bertz CT molecular complexity index is 947. The Hall–Kier alpha value is -3.15. The summed E-state index contributed by atoms with van der Waals surface area (Å²) in [6.45, 7) is 1.94. The van der Waals surface area contributed by atoms with Gasteiger partial charge < -0.3 is 4.74 Å². The van der Waals surface area contributed by atoms with Crippen molar-refractivity contribution in [1.29, 1.82) is 0 Å². The third-order valence-electron chi connectivity index (χ3n) is 3.67. The third-order valence-corrected chi connectivity index (χ3v) is 3.67. The molecule has 0 atom stereocenters. The van der Waals surface area contributed by atoms with Crippen molar-refractivity contribution in [3.8, 4) is 5.75 Å². The van der Waals surface area contributed by atoms with Gasteiger partial charge in [-0.1, -0.05) is 37.3 Å². The molecule has 2 aromatic carbocycles. The Morgan fingerprint density at radius 3 is 2.92 bits per heavy atom. The van der Waals surface area contributed by atoms with E-state index in [1.54, 1.807) is 13.3 Å². The van der Waals surface area contributed by atoms with Gasteiger partial charge in [0.15, 0.2) is 0 Å². The number of H-pyrrole nitrogens is 1. The number of nitrogens with zero attached hydrogens (tertiary/aromatic N) is 2. The molecule has 6 heteroatoms. The van der Waals surface area contributed by atoms with Crippen LogP contribution in [0.2, 0.25) is 0 Å². The van der Waals surface area contributed by atoms with E-state index >= 15 is 0 Å². The van der Waals surface area contributed by atoms with Crippen LogP contribution in [0.4, 0.5) is 5.95 Å². The number of fused-ring (bicyclic) bond motifs is 1. The molecule has 0 fully saturated rings. The molecule has 0 saturated carbocycles. The van der Waals surface area contributed by atoms with Crippen LogP contribution in [0.1, 0.15) is 18.2 Å². The van der Waals surface area contributed by atoms with E-state index in [0.29, 0.717) is 18.1 Å². The molecule has 0 spiro atoms. The van der Waals surface area contributed by atoms with Crippen LogP contribution in [0.3, 0.4) is 0 Å². The molecule has 122 valence electrons. The van der Waals surface area contributed by atoms with E-state index in [0.717, 1.165) is 22.1 Å². The zero-order valence-electron chi connectivity index (χ0n) is 13.5. The topological polar surface area (TPSA) is 79.4 Å². The molecule has 0 amide bonds. The molecule has 6 nitrogen and oxygen atoms in total. The zero-order chi connectivity index (χ0) is 16.9. The van der Waals surface area contributed by atoms with Crippen molar-refractivity contribution in [3.05, 3.63) is 64.1 Å². The molecule has 0 saturated heterocycles. The van der Waals surface area contributed by atoms with Crippen LogP contribution in [0, 0.1) is 0 Å². The van der Waals surface area contributed by atoms with Gasteiger partial charge in [-0.3, -0.25) is 9.78 Å². The van der Waals surface area contributed by atoms with Crippen molar-refractivity contribution in [2.24, 2.45) is 5.10 Å². The van der Waals surface area contributed by atoms with Gasteiger partial charge >= 0.3 is 0 Å². The second-order valence-corrected chi connectivity index (χ2v) is 5.21. The van der Waals surface area contributed by atoms with E-state index in [4.69, 9.17) is 4.74 Å². The molecule has 0 aliphatic rings. The summed E-state index contributed by atoms with van der Waals surface area (Å²) in [5.41, 5.74) is 4.13. The second kappa shape index (κ2) is 6.95. The molecule has 0 unspecified atom stereocenters. The summed E-state index contributed by atoms with van der Waals surface area (Å²) < 4.78 is 5.42. The number of hydrogen-bond acceptors (Lipinski definition) is 5. The first-order valence-corrected chi connectivity index (χ1v) is 7.66. The van der Waals surface area contributed by atoms with E-state index in [-0.39, 0.29) is 5.56 Å². The summed E-state index contributed by atoms with van der Waals surface area (Å²) in [5, 5.41) is 6.33. The van der Waals surface area contributed by atoms with Gasteiger partial charge in [-0.2, -0.15) is 5.10 Å². The number of aryl methyl sites for hydroxylation is 1. The van der Waals surface area contributed by atoms with Gasteiger partial charge in [0.05, 0.1) is 13.3 Å². The van der Waals surface area contributed by atoms with E-state index in [1.165, 1.54) is 6.07 Å². The van der Waals surface area contributed by atoms with Gasteiger partial charge in [-0.25, -0.2) is 10.4 Å². The molecular weight excluding hydrogens is 304 g/mol. The van der Waals surface area contributed by atoms with Crippen LogP contribution in [0.25, 0.3) is 10.8 Å². The monoisotopic (exact) mass is 322 g/mol. The number of hydrazone groups is 1. The van der Waals surface area contributed by atoms with Crippen molar-refractivity contribution in [2.45, 2.75) is 13.3 Å². The second-order valence-electron chi connectivity index (χ2n) is 5.21. The largest absolute Gasteiger partial charge is 0.496 e. The first-order chi connectivity index (χ1) is 11.7. The lowest BCUT2D eigenvalue weighted by Gasteiger charge is -2.08. The van der Waals surface area contributed by atoms with E-state index in [9.17, 15) is 4.79 Å². The maximum atomic E-state index is 11.6. The van der Waals surface area contributed by atoms with Crippen molar-refractivity contribution in [1.82, 2.24) is 9.97 Å². The molecular formula is C18H18N4O2. The number of benzene rings is 2. The molecule has 1 heterocycles. The maximum Gasteiger partial charge on any atom is 0.252 e. The third kappa shape index (κ3) is 3.27. The fourth-order valence-corrected chi connectivity index (χ4v) is 2.49. The van der Waals surface area contributed by atoms with Crippen LogP contribution < -0.4 is 15.7 Å². The zero-order valence-corrected chi connectivity index (χ0v) is 13.5. The average molecular weight is 322 g/mol. The number of aromatic nitrogens is 2. The van der Waals surface area contributed by atoms with Crippen molar-refractivity contribution >= 4 is 22.9 Å². The minimum atomic E-state index is -0.206. The molecule has 3 aromatic rings. The summed E-state index contributed by atoms with van der Waals surface area (Å²) >= 11 is 0. The Morgan fingerprint density at radius 1 is 1.29 bits per heavy atom. The number of aromatic amines is 1. The number of hydrogen-bond donors (Lipinski definition) is 2. The molecule has 3 rings (SSSR count). The van der Waals surface area contributed by atoms with Crippen LogP contribution in [-0.2, 0) is 6.42 Å². The van der Waals surface area contributed by atoms with Crippen LogP contribution in [0.15, 0.2) is 52.4 Å². The molecule has 0 aliphatic carbocycles. The smallest absolute Gasteiger partial charge is 0.252 e. The van der Waals surface area contributed by atoms with E-state index in [1.807, 2.05) is 43.3 Å². The maximum absolute atomic E-state index is 11.6. The fraction of sp³-hybridized carbons (Fsp3) is 0.167. The number of anilines is 1. The average Bonchev–Trinajstić information content (AvgIpc) is 2.61. The number of rotatable bonds is 5. The fourth-order valence-electron chi connectivity index (χ4n) is 2.49. The van der Waals surface area contributed by atoms with Gasteiger partial charge in [-0.15, -0.1) is 0 Å². The van der Waals surface area contributed by atoms with Gasteiger partial charge in [0, 0.05) is 17.3 Å². The first-order valence-electron chi connectivity index (χ1n) is 7.66. The van der Waals surface area contributed by atoms with Crippen molar-refractivity contribution < 1.29 is 4.74 Å². The summed E-state index contributed by atoms with van der Waals surface area (Å²) in [4.78, 5) is 18.5. The standard InChI is InChI=1S/C18H18N4O2/c1-3-13-10-17(23)21-18(20-13)22-19-11-15-14-7-5-4-6-12(14)8-9-16(15)24-2/h4-11H,3H2,1-2H3,(H2,20,21,22,23)/b19-11-. The molecule has 24 heavy (non-hydrogen) atoms. The molecule has 0 radical (unpaired) electrons. The van der Waals surface area contributed by atoms with Gasteiger partial charge in [-0.05, 0) is 23.3 Å². The van der Waals surface area contributed by atoms with Gasteiger partial charge in [0.25, 0.3) is 5.56 Å². The highest BCUT2D eigenvalue weighted by Gasteiger charge is 2.06. The van der Waals surface area contributed by atoms with Crippen LogP contribution >= 0.6 is 0 Å². The summed E-state index contributed by atoms with van der Waals surface area (Å²) in [5.74, 6) is 1.04. The first kappa shape index (κ1) is 15.7. The Kier molecular flexibility index (Phi) is 4.56. The van der Waals surface area contributed by atoms with Crippen LogP contribution in [0.5, 0.6) is 5.75 Å². The lowest BCUT2D eigenvalue weighted by molar-refractivity contribution is 0.415.